The fourth-order valence-corrected chi connectivity index (χ4v) is 6.60. The minimum atomic E-state index is -1.32. The van der Waals surface area contributed by atoms with Crippen molar-refractivity contribution in [2.45, 2.75) is 71.3 Å². The van der Waals surface area contributed by atoms with Crippen LogP contribution in [0.2, 0.25) is 15.1 Å². The Labute approximate surface area is 312 Å². The molecule has 0 aromatic heterocycles. The van der Waals surface area contributed by atoms with Crippen LogP contribution in [0, 0.1) is 0 Å². The number of amides is 4. The molecule has 0 saturated carbocycles. The average molecular weight is 757 g/mol. The molecule has 0 aliphatic carbocycles. The smallest absolute Gasteiger partial charge is 0.411 e. The third-order valence-electron chi connectivity index (χ3n) is 9.47. The van der Waals surface area contributed by atoms with Crippen LogP contribution in [-0.4, -0.2) is 60.4 Å². The predicted octanol–water partition coefficient (Wildman–Crippen LogP) is 7.95. The molecule has 1 saturated heterocycles. The Hall–Kier alpha value is -4.32. The first-order valence-electron chi connectivity index (χ1n) is 16.6. The van der Waals surface area contributed by atoms with Crippen LogP contribution in [0.1, 0.15) is 75.9 Å². The van der Waals surface area contributed by atoms with E-state index in [4.69, 9.17) is 44.3 Å². The number of carbonyl (C=O) groups excluding carboxylic acids is 4. The lowest BCUT2D eigenvalue weighted by molar-refractivity contribution is -0.120. The number of cyclic esters (lactones) is 1. The molecule has 14 heteroatoms. The van der Waals surface area contributed by atoms with Crippen molar-refractivity contribution in [3.63, 3.8) is 0 Å². The van der Waals surface area contributed by atoms with Crippen LogP contribution in [0.15, 0.2) is 59.7 Å². The number of hydrazone groups is 1. The lowest BCUT2D eigenvalue weighted by Gasteiger charge is -2.30. The Morgan fingerprint density at radius 3 is 2.25 bits per heavy atom. The molecule has 11 nitrogen and oxygen atoms in total. The van der Waals surface area contributed by atoms with Crippen molar-refractivity contribution in [3.8, 4) is 5.75 Å². The number of hydrogen-bond donors (Lipinski definition) is 2. The number of benzene rings is 3. The van der Waals surface area contributed by atoms with Gasteiger partial charge < -0.3 is 20.1 Å². The van der Waals surface area contributed by atoms with Gasteiger partial charge in [0.1, 0.15) is 18.0 Å². The highest BCUT2D eigenvalue weighted by Gasteiger charge is 2.47. The average Bonchev–Trinajstić information content (AvgIpc) is 3.64. The lowest BCUT2D eigenvalue weighted by atomic mass is 9.76. The Balaban J connectivity index is 1.32. The summed E-state index contributed by atoms with van der Waals surface area (Å²) in [5, 5.41) is 11.0. The predicted molar refractivity (Wildman–Crippen MR) is 199 cm³/mol. The fourth-order valence-electron chi connectivity index (χ4n) is 5.62. The number of carbonyl (C=O) groups is 4. The normalized spacial score (nSPS) is 16.3. The molecule has 0 bridgehead atoms. The summed E-state index contributed by atoms with van der Waals surface area (Å²) in [5.41, 5.74) is 2.57. The largest absolute Gasteiger partial charge is 0.483 e. The molecule has 0 spiro atoms. The van der Waals surface area contributed by atoms with Gasteiger partial charge in [-0.25, -0.2) is 4.79 Å². The van der Waals surface area contributed by atoms with Crippen LogP contribution < -0.4 is 20.4 Å². The van der Waals surface area contributed by atoms with Crippen LogP contribution in [0.25, 0.3) is 0 Å². The molecule has 3 aromatic carbocycles. The van der Waals surface area contributed by atoms with Crippen molar-refractivity contribution in [1.29, 1.82) is 0 Å². The van der Waals surface area contributed by atoms with Crippen molar-refractivity contribution in [2.24, 2.45) is 5.10 Å². The second-order valence-corrected chi connectivity index (χ2v) is 14.9. The first-order chi connectivity index (χ1) is 24.1. The Morgan fingerprint density at radius 1 is 0.941 bits per heavy atom. The SMILES string of the molecule is CCC(C)(C)c1ccc(OCC(=O)Nc2cccc(C(=O)NC3=NN(c4c(Cl)cc(Cl)cc4Cl)C(=O)C3N3CCOC3=O)c2)c(C(C)(C)CC)c1. The molecule has 0 radical (unpaired) electrons. The molecule has 4 amide bonds. The van der Waals surface area contributed by atoms with Gasteiger partial charge in [-0.15, -0.1) is 5.10 Å². The zero-order chi connectivity index (χ0) is 37.2. The van der Waals surface area contributed by atoms with Crippen LogP contribution in [0.4, 0.5) is 16.2 Å². The van der Waals surface area contributed by atoms with E-state index in [1.807, 2.05) is 12.1 Å². The summed E-state index contributed by atoms with van der Waals surface area (Å²) in [6.45, 7) is 12.9. The van der Waals surface area contributed by atoms with Gasteiger partial charge in [-0.05, 0) is 65.6 Å². The second-order valence-electron chi connectivity index (χ2n) is 13.6. The maximum Gasteiger partial charge on any atom is 0.411 e. The van der Waals surface area contributed by atoms with E-state index in [1.54, 1.807) is 12.1 Å². The summed E-state index contributed by atoms with van der Waals surface area (Å²) >= 11 is 18.8. The summed E-state index contributed by atoms with van der Waals surface area (Å²) in [5.74, 6) is -1.27. The van der Waals surface area contributed by atoms with E-state index in [9.17, 15) is 19.2 Å². The molecular weight excluding hydrogens is 717 g/mol. The molecule has 1 fully saturated rings. The van der Waals surface area contributed by atoms with Crippen LogP contribution in [-0.2, 0) is 25.2 Å². The summed E-state index contributed by atoms with van der Waals surface area (Å²) in [7, 11) is 0. The van der Waals surface area contributed by atoms with Crippen LogP contribution in [0.3, 0.4) is 0 Å². The Kier molecular flexibility index (Phi) is 11.2. The topological polar surface area (TPSA) is 130 Å². The number of ether oxygens (including phenoxy) is 2. The maximum absolute atomic E-state index is 13.7. The fraction of sp³-hybridized carbons (Fsp3) is 0.378. The number of anilines is 2. The highest BCUT2D eigenvalue weighted by molar-refractivity contribution is 6.43. The first-order valence-corrected chi connectivity index (χ1v) is 17.7. The van der Waals surface area contributed by atoms with E-state index in [1.165, 1.54) is 29.8 Å². The molecular formula is C37H40Cl3N5O6. The summed E-state index contributed by atoms with van der Waals surface area (Å²) in [4.78, 5) is 53.9. The molecule has 5 rings (SSSR count). The number of nitrogens with zero attached hydrogens (tertiary/aromatic N) is 3. The van der Waals surface area contributed by atoms with E-state index in [2.05, 4.69) is 63.3 Å². The molecule has 1 unspecified atom stereocenters. The van der Waals surface area contributed by atoms with E-state index in [0.29, 0.717) is 11.4 Å². The zero-order valence-corrected chi connectivity index (χ0v) is 31.5. The van der Waals surface area contributed by atoms with Gasteiger partial charge in [0.2, 0.25) is 0 Å². The number of hydrogen-bond acceptors (Lipinski definition) is 7. The summed E-state index contributed by atoms with van der Waals surface area (Å²) < 4.78 is 11.1. The van der Waals surface area contributed by atoms with Gasteiger partial charge in [-0.1, -0.05) is 94.5 Å². The van der Waals surface area contributed by atoms with Crippen LogP contribution in [0.5, 0.6) is 5.75 Å². The van der Waals surface area contributed by atoms with Gasteiger partial charge in [0.05, 0.1) is 16.6 Å². The molecule has 2 aliphatic heterocycles. The molecule has 51 heavy (non-hydrogen) atoms. The molecule has 3 aromatic rings. The zero-order valence-electron chi connectivity index (χ0n) is 29.2. The number of amidine groups is 1. The summed E-state index contributed by atoms with van der Waals surface area (Å²) in [6.07, 6.45) is 1.11. The maximum atomic E-state index is 13.7. The number of nitrogens with one attached hydrogen (secondary N) is 2. The molecule has 2 aliphatic rings. The van der Waals surface area contributed by atoms with E-state index >= 15 is 0 Å². The van der Waals surface area contributed by atoms with Crippen molar-refractivity contribution < 1.29 is 28.7 Å². The van der Waals surface area contributed by atoms with Gasteiger partial charge in [-0.3, -0.25) is 19.3 Å². The monoisotopic (exact) mass is 755 g/mol. The van der Waals surface area contributed by atoms with Crippen molar-refractivity contribution in [2.75, 3.05) is 30.1 Å². The second kappa shape index (κ2) is 15.1. The standard InChI is InChI=1S/C37H40Cl3N5O6/c1-7-36(3,4)22-12-13-28(25(17-22)37(5,6)8-2)51-20-29(46)41-24-11-9-10-21(16-24)33(47)42-32-31(44-14-15-50-35(44)49)34(48)45(43-32)30-26(39)18-23(38)19-27(30)40/h9-13,16-19,31H,7-8,14-15,20H2,1-6H3,(H,41,46)(H,42,43,47). The minimum Gasteiger partial charge on any atom is -0.483 e. The number of halogens is 3. The quantitative estimate of drug-likeness (QED) is 0.204. The minimum absolute atomic E-state index is 0.00979. The van der Waals surface area contributed by atoms with Crippen molar-refractivity contribution in [3.05, 3.63) is 86.4 Å². The van der Waals surface area contributed by atoms with Gasteiger partial charge in [0, 0.05) is 21.8 Å². The first kappa shape index (κ1) is 37.9. The Bertz CT molecular complexity index is 1890. The number of rotatable bonds is 11. The lowest BCUT2D eigenvalue weighted by Crippen LogP contribution is -2.52. The molecule has 2 heterocycles. The van der Waals surface area contributed by atoms with Crippen molar-refractivity contribution in [1.82, 2.24) is 10.2 Å². The van der Waals surface area contributed by atoms with Gasteiger partial charge in [0.15, 0.2) is 18.5 Å². The van der Waals surface area contributed by atoms with Crippen molar-refractivity contribution >= 4 is 75.8 Å². The highest BCUT2D eigenvalue weighted by atomic mass is 35.5. The van der Waals surface area contributed by atoms with Gasteiger partial charge in [-0.2, -0.15) is 5.01 Å². The van der Waals surface area contributed by atoms with E-state index < -0.39 is 29.9 Å². The van der Waals surface area contributed by atoms with Gasteiger partial charge in [0.25, 0.3) is 17.7 Å². The highest BCUT2D eigenvalue weighted by Crippen LogP contribution is 2.40. The van der Waals surface area contributed by atoms with E-state index in [0.717, 1.165) is 28.3 Å². The molecule has 1 atom stereocenters. The molecule has 270 valence electrons. The third kappa shape index (κ3) is 8.11. The third-order valence-corrected chi connectivity index (χ3v) is 10.3. The van der Waals surface area contributed by atoms with Crippen LogP contribution >= 0.6 is 34.8 Å². The van der Waals surface area contributed by atoms with E-state index in [-0.39, 0.29) is 62.7 Å². The molecule has 2 N–H and O–H groups in total. The Morgan fingerprint density at radius 2 is 1.63 bits per heavy atom. The van der Waals surface area contributed by atoms with Gasteiger partial charge >= 0.3 is 6.09 Å². The summed E-state index contributed by atoms with van der Waals surface area (Å²) in [6, 6.07) is 13.8.